The van der Waals surface area contributed by atoms with Crippen molar-refractivity contribution in [2.24, 2.45) is 0 Å². The molecule has 122 valence electrons. The molecule has 2 fully saturated rings. The van der Waals surface area contributed by atoms with E-state index < -0.39 is 0 Å². The molecule has 2 aromatic heterocycles. The second-order valence-electron chi connectivity index (χ2n) is 6.97. The smallest absolute Gasteiger partial charge is 0.0327 e. The van der Waals surface area contributed by atoms with Gasteiger partial charge in [0.2, 0.25) is 0 Å². The highest BCUT2D eigenvalue weighted by Gasteiger charge is 2.42. The molecule has 2 aliphatic rings. The van der Waals surface area contributed by atoms with Crippen LogP contribution in [-0.4, -0.2) is 40.0 Å². The van der Waals surface area contributed by atoms with Crippen LogP contribution in [0.15, 0.2) is 42.0 Å². The fourth-order valence-corrected chi connectivity index (χ4v) is 5.02. The number of pyridine rings is 1. The first kappa shape index (κ1) is 15.3. The van der Waals surface area contributed by atoms with Gasteiger partial charge in [0, 0.05) is 49.0 Å². The van der Waals surface area contributed by atoms with Crippen molar-refractivity contribution in [1.29, 1.82) is 0 Å². The lowest BCUT2D eigenvalue weighted by molar-refractivity contribution is 0.0453. The zero-order valence-corrected chi connectivity index (χ0v) is 14.5. The van der Waals surface area contributed by atoms with Crippen molar-refractivity contribution in [2.45, 2.75) is 44.3 Å². The molecule has 0 aliphatic carbocycles. The maximum absolute atomic E-state index is 4.28. The molecule has 0 unspecified atom stereocenters. The van der Waals surface area contributed by atoms with Crippen molar-refractivity contribution in [3.05, 3.63) is 52.5 Å². The Hall–Kier alpha value is -1.23. The van der Waals surface area contributed by atoms with Gasteiger partial charge in [0.25, 0.3) is 0 Å². The molecular weight excluding hydrogens is 302 g/mol. The van der Waals surface area contributed by atoms with E-state index in [2.05, 4.69) is 44.4 Å². The average molecular weight is 327 g/mol. The van der Waals surface area contributed by atoms with Crippen molar-refractivity contribution < 1.29 is 0 Å². The highest BCUT2D eigenvalue weighted by atomic mass is 32.1. The third-order valence-corrected chi connectivity index (χ3v) is 6.44. The molecule has 3 nitrogen and oxygen atoms in total. The van der Waals surface area contributed by atoms with E-state index in [-0.39, 0.29) is 0 Å². The zero-order chi connectivity index (χ0) is 15.5. The van der Waals surface area contributed by atoms with Crippen molar-refractivity contribution in [3.8, 4) is 0 Å². The number of hydrogen-bond donors (Lipinski definition) is 0. The van der Waals surface area contributed by atoms with Crippen LogP contribution in [0.1, 0.15) is 36.1 Å². The van der Waals surface area contributed by atoms with Gasteiger partial charge in [-0.05, 0) is 55.3 Å². The Morgan fingerprint density at radius 3 is 2.70 bits per heavy atom. The molecule has 23 heavy (non-hydrogen) atoms. The Kier molecular flexibility index (Phi) is 4.47. The molecule has 0 aromatic carbocycles. The fourth-order valence-electron chi connectivity index (χ4n) is 4.27. The van der Waals surface area contributed by atoms with Gasteiger partial charge in [0.15, 0.2) is 0 Å². The first-order valence-electron chi connectivity index (χ1n) is 8.73. The monoisotopic (exact) mass is 327 g/mol. The Morgan fingerprint density at radius 2 is 1.96 bits per heavy atom. The van der Waals surface area contributed by atoms with E-state index in [1.54, 1.807) is 0 Å². The molecular formula is C19H25N3S. The van der Waals surface area contributed by atoms with Crippen molar-refractivity contribution in [3.63, 3.8) is 0 Å². The van der Waals surface area contributed by atoms with Crippen molar-refractivity contribution in [1.82, 2.24) is 14.8 Å². The Bertz CT molecular complexity index is 603. The van der Waals surface area contributed by atoms with E-state index in [0.717, 1.165) is 13.1 Å². The number of rotatable bonds is 4. The maximum atomic E-state index is 4.28. The molecule has 2 saturated heterocycles. The molecule has 4 rings (SSSR count). The number of likely N-dealkylation sites (tertiary alicyclic amines) is 2. The van der Waals surface area contributed by atoms with Gasteiger partial charge in [-0.15, -0.1) is 11.3 Å². The minimum absolute atomic E-state index is 0.446. The van der Waals surface area contributed by atoms with Crippen molar-refractivity contribution in [2.75, 3.05) is 19.6 Å². The molecule has 4 heteroatoms. The summed E-state index contributed by atoms with van der Waals surface area (Å²) in [7, 11) is 0. The van der Waals surface area contributed by atoms with E-state index in [4.69, 9.17) is 0 Å². The minimum Gasteiger partial charge on any atom is -0.298 e. The molecule has 0 N–H and O–H groups in total. The maximum Gasteiger partial charge on any atom is 0.0327 e. The zero-order valence-electron chi connectivity index (χ0n) is 13.7. The summed E-state index contributed by atoms with van der Waals surface area (Å²) in [5.74, 6) is 0. The molecule has 4 heterocycles. The van der Waals surface area contributed by atoms with E-state index in [0.29, 0.717) is 5.54 Å². The van der Waals surface area contributed by atoms with Crippen LogP contribution < -0.4 is 0 Å². The first-order valence-corrected chi connectivity index (χ1v) is 9.61. The topological polar surface area (TPSA) is 19.4 Å². The second kappa shape index (κ2) is 6.71. The van der Waals surface area contributed by atoms with E-state index in [1.807, 2.05) is 23.7 Å². The lowest BCUT2D eigenvalue weighted by atomic mass is 9.84. The predicted molar refractivity (Wildman–Crippen MR) is 95.4 cm³/mol. The summed E-state index contributed by atoms with van der Waals surface area (Å²) in [6.45, 7) is 5.93. The van der Waals surface area contributed by atoms with Gasteiger partial charge in [0.05, 0.1) is 0 Å². The second-order valence-corrected chi connectivity index (χ2v) is 8.00. The van der Waals surface area contributed by atoms with Crippen LogP contribution in [0.4, 0.5) is 0 Å². The third-order valence-electron chi connectivity index (χ3n) is 5.58. The molecule has 0 amide bonds. The van der Waals surface area contributed by atoms with Gasteiger partial charge in [-0.25, -0.2) is 0 Å². The summed E-state index contributed by atoms with van der Waals surface area (Å²) in [6, 6.07) is 8.70. The Labute approximate surface area is 143 Å². The van der Waals surface area contributed by atoms with Crippen LogP contribution in [0.2, 0.25) is 0 Å². The Balaban J connectivity index is 1.38. The van der Waals surface area contributed by atoms with Gasteiger partial charge < -0.3 is 0 Å². The molecule has 1 spiro atoms. The van der Waals surface area contributed by atoms with Gasteiger partial charge in [-0.1, -0.05) is 12.1 Å². The fraction of sp³-hybridized carbons (Fsp3) is 0.526. The molecule has 0 saturated carbocycles. The first-order chi connectivity index (χ1) is 11.3. The molecule has 2 aromatic rings. The van der Waals surface area contributed by atoms with Crippen molar-refractivity contribution >= 4 is 11.3 Å². The van der Waals surface area contributed by atoms with E-state index >= 15 is 0 Å². The van der Waals surface area contributed by atoms with Crippen LogP contribution in [0.3, 0.4) is 0 Å². The highest BCUT2D eigenvalue weighted by Crippen LogP contribution is 2.39. The summed E-state index contributed by atoms with van der Waals surface area (Å²) in [5.41, 5.74) is 1.80. The normalized spacial score (nSPS) is 21.9. The number of thiophene rings is 1. The number of piperidine rings is 1. The number of aromatic nitrogens is 1. The van der Waals surface area contributed by atoms with Crippen LogP contribution in [0.25, 0.3) is 0 Å². The Morgan fingerprint density at radius 1 is 1.04 bits per heavy atom. The lowest BCUT2D eigenvalue weighted by Gasteiger charge is -2.45. The average Bonchev–Trinajstić information content (AvgIpc) is 3.22. The van der Waals surface area contributed by atoms with Crippen LogP contribution in [0.5, 0.6) is 0 Å². The third kappa shape index (κ3) is 3.35. The van der Waals surface area contributed by atoms with Gasteiger partial charge in [-0.3, -0.25) is 14.8 Å². The van der Waals surface area contributed by atoms with Gasteiger partial charge in [-0.2, -0.15) is 0 Å². The van der Waals surface area contributed by atoms with Gasteiger partial charge in [0.1, 0.15) is 0 Å². The quantitative estimate of drug-likeness (QED) is 0.852. The molecule has 0 bridgehead atoms. The summed E-state index contributed by atoms with van der Waals surface area (Å²) in [6.07, 6.45) is 9.26. The number of hydrogen-bond acceptors (Lipinski definition) is 4. The summed E-state index contributed by atoms with van der Waals surface area (Å²) in [5, 5.41) is 2.19. The summed E-state index contributed by atoms with van der Waals surface area (Å²) in [4.78, 5) is 11.2. The molecule has 0 radical (unpaired) electrons. The van der Waals surface area contributed by atoms with E-state index in [1.165, 1.54) is 55.8 Å². The SMILES string of the molecule is c1cncc(CN2CCCC23CCN(Cc2cccs2)CC3)c1. The van der Waals surface area contributed by atoms with Crippen LogP contribution >= 0.6 is 11.3 Å². The standard InChI is InChI=1S/C19H25N3S/c1-4-17(14-20-9-1)15-22-10-3-6-19(22)7-11-21(12-8-19)16-18-5-2-13-23-18/h1-2,4-5,9,13-14H,3,6-8,10-12,15-16H2. The molecule has 2 aliphatic heterocycles. The largest absolute Gasteiger partial charge is 0.298 e. The minimum atomic E-state index is 0.446. The lowest BCUT2D eigenvalue weighted by Crippen LogP contribution is -2.51. The van der Waals surface area contributed by atoms with E-state index in [9.17, 15) is 0 Å². The highest BCUT2D eigenvalue weighted by molar-refractivity contribution is 7.09. The summed E-state index contributed by atoms with van der Waals surface area (Å²) >= 11 is 1.88. The summed E-state index contributed by atoms with van der Waals surface area (Å²) < 4.78 is 0. The number of nitrogens with zero attached hydrogens (tertiary/aromatic N) is 3. The van der Waals surface area contributed by atoms with Crippen LogP contribution in [0, 0.1) is 0 Å². The van der Waals surface area contributed by atoms with Crippen LogP contribution in [-0.2, 0) is 13.1 Å². The molecule has 0 atom stereocenters. The van der Waals surface area contributed by atoms with Gasteiger partial charge >= 0.3 is 0 Å². The predicted octanol–water partition coefficient (Wildman–Crippen LogP) is 3.77.